The molecule has 0 radical (unpaired) electrons. The molecule has 0 spiro atoms. The fraction of sp³-hybridized carbons (Fsp3) is 0.545. The Morgan fingerprint density at radius 3 is 2.78 bits per heavy atom. The fourth-order valence-corrected chi connectivity index (χ4v) is 1.78. The number of nitrogens with zero attached hydrogens (tertiary/aromatic N) is 1. The summed E-state index contributed by atoms with van der Waals surface area (Å²) in [7, 11) is 1.34. The van der Waals surface area contributed by atoms with Gasteiger partial charge < -0.3 is 15.8 Å². The summed E-state index contributed by atoms with van der Waals surface area (Å²) in [4.78, 5) is 26.4. The number of esters is 1. The predicted molar refractivity (Wildman–Crippen MR) is 69.3 cm³/mol. The molecule has 0 atom stereocenters. The molecule has 7 heteroatoms. The van der Waals surface area contributed by atoms with Crippen molar-refractivity contribution in [2.24, 2.45) is 11.1 Å². The minimum atomic E-state index is -0.645. The molecule has 0 bridgehead atoms. The van der Waals surface area contributed by atoms with Gasteiger partial charge in [-0.3, -0.25) is 9.59 Å². The van der Waals surface area contributed by atoms with E-state index in [4.69, 9.17) is 5.73 Å². The third kappa shape index (κ3) is 3.99. The molecule has 0 fully saturated rings. The lowest BCUT2D eigenvalue weighted by atomic mass is 9.93. The topological polar surface area (TPSA) is 94.3 Å². The first-order valence-electron chi connectivity index (χ1n) is 5.40. The Morgan fingerprint density at radius 1 is 1.56 bits per heavy atom. The second kappa shape index (κ2) is 5.81. The Morgan fingerprint density at radius 2 is 2.22 bits per heavy atom. The zero-order chi connectivity index (χ0) is 13.8. The lowest BCUT2D eigenvalue weighted by molar-refractivity contribution is -0.139. The number of amides is 1. The quantitative estimate of drug-likeness (QED) is 0.746. The fourth-order valence-electron chi connectivity index (χ4n) is 1.07. The number of nitrogens with one attached hydrogen (secondary N) is 1. The number of anilines is 1. The maximum Gasteiger partial charge on any atom is 0.311 e. The number of thiazole rings is 1. The van der Waals surface area contributed by atoms with E-state index >= 15 is 0 Å². The second-order valence-electron chi connectivity index (χ2n) is 4.50. The van der Waals surface area contributed by atoms with E-state index in [2.05, 4.69) is 15.0 Å². The average molecular weight is 271 g/mol. The van der Waals surface area contributed by atoms with Crippen LogP contribution in [0.4, 0.5) is 5.13 Å². The van der Waals surface area contributed by atoms with Crippen molar-refractivity contribution in [3.8, 4) is 0 Å². The standard InChI is InChI=1S/C11H17N3O3S/c1-11(2,9(12)16)6-13-10-14-7(5-18-10)4-8(15)17-3/h5H,4,6H2,1-3H3,(H2,12,16)(H,13,14). The molecule has 1 heterocycles. The number of rotatable bonds is 6. The molecule has 0 aliphatic heterocycles. The van der Waals surface area contributed by atoms with Crippen LogP contribution in [0.2, 0.25) is 0 Å². The van der Waals surface area contributed by atoms with Crippen LogP contribution in [0.25, 0.3) is 0 Å². The summed E-state index contributed by atoms with van der Waals surface area (Å²) in [6.07, 6.45) is 0.147. The molecule has 100 valence electrons. The maximum absolute atomic E-state index is 11.1. The number of carbonyl (C=O) groups is 2. The van der Waals surface area contributed by atoms with Crippen LogP contribution in [-0.2, 0) is 20.7 Å². The Labute approximate surface area is 110 Å². The molecule has 3 N–H and O–H groups in total. The first kappa shape index (κ1) is 14.4. The minimum absolute atomic E-state index is 0.147. The monoisotopic (exact) mass is 271 g/mol. The van der Waals surface area contributed by atoms with Crippen molar-refractivity contribution < 1.29 is 14.3 Å². The summed E-state index contributed by atoms with van der Waals surface area (Å²) in [6, 6.07) is 0. The third-order valence-corrected chi connectivity index (χ3v) is 3.30. The molecule has 0 saturated heterocycles. The molecule has 6 nitrogen and oxygen atoms in total. The number of carbonyl (C=O) groups excluding carboxylic acids is 2. The number of aromatic nitrogens is 1. The van der Waals surface area contributed by atoms with Gasteiger partial charge in [-0.15, -0.1) is 11.3 Å². The van der Waals surface area contributed by atoms with Crippen LogP contribution in [0.1, 0.15) is 19.5 Å². The second-order valence-corrected chi connectivity index (χ2v) is 5.36. The minimum Gasteiger partial charge on any atom is -0.469 e. The molecule has 0 aliphatic rings. The molecular weight excluding hydrogens is 254 g/mol. The molecular formula is C11H17N3O3S. The van der Waals surface area contributed by atoms with Crippen molar-refractivity contribution in [3.63, 3.8) is 0 Å². The van der Waals surface area contributed by atoms with Crippen LogP contribution in [0.15, 0.2) is 5.38 Å². The third-order valence-electron chi connectivity index (χ3n) is 2.45. The van der Waals surface area contributed by atoms with E-state index in [0.717, 1.165) is 0 Å². The SMILES string of the molecule is COC(=O)Cc1csc(NCC(C)(C)C(N)=O)n1. The summed E-state index contributed by atoms with van der Waals surface area (Å²) in [5, 5.41) is 5.46. The van der Waals surface area contributed by atoms with E-state index in [9.17, 15) is 9.59 Å². The number of hydrogen-bond donors (Lipinski definition) is 2. The van der Waals surface area contributed by atoms with Gasteiger partial charge in [-0.1, -0.05) is 0 Å². The van der Waals surface area contributed by atoms with Gasteiger partial charge in [0.2, 0.25) is 5.91 Å². The highest BCUT2D eigenvalue weighted by atomic mass is 32.1. The van der Waals surface area contributed by atoms with E-state index in [0.29, 0.717) is 17.4 Å². The van der Waals surface area contributed by atoms with E-state index in [1.807, 2.05) is 0 Å². The van der Waals surface area contributed by atoms with Crippen molar-refractivity contribution in [2.45, 2.75) is 20.3 Å². The smallest absolute Gasteiger partial charge is 0.311 e. The molecule has 18 heavy (non-hydrogen) atoms. The van der Waals surface area contributed by atoms with Gasteiger partial charge in [-0.05, 0) is 13.8 Å². The van der Waals surface area contributed by atoms with Crippen LogP contribution in [0, 0.1) is 5.41 Å². The average Bonchev–Trinajstić information content (AvgIpc) is 2.74. The molecule has 1 aromatic rings. The maximum atomic E-state index is 11.1. The molecule has 0 aromatic carbocycles. The van der Waals surface area contributed by atoms with E-state index in [1.54, 1.807) is 19.2 Å². The van der Waals surface area contributed by atoms with Gasteiger partial charge in [-0.2, -0.15) is 0 Å². The lowest BCUT2D eigenvalue weighted by Gasteiger charge is -2.20. The number of primary amides is 1. The van der Waals surface area contributed by atoms with Crippen LogP contribution in [0.3, 0.4) is 0 Å². The molecule has 0 unspecified atom stereocenters. The van der Waals surface area contributed by atoms with E-state index in [1.165, 1.54) is 18.4 Å². The van der Waals surface area contributed by atoms with E-state index < -0.39 is 5.41 Å². The highest BCUT2D eigenvalue weighted by Crippen LogP contribution is 2.20. The van der Waals surface area contributed by atoms with Gasteiger partial charge >= 0.3 is 5.97 Å². The molecule has 1 amide bonds. The van der Waals surface area contributed by atoms with Gasteiger partial charge in [0, 0.05) is 11.9 Å². The van der Waals surface area contributed by atoms with Crippen LogP contribution >= 0.6 is 11.3 Å². The van der Waals surface area contributed by atoms with Gasteiger partial charge in [0.25, 0.3) is 0 Å². The zero-order valence-corrected chi connectivity index (χ0v) is 11.5. The number of ether oxygens (including phenoxy) is 1. The Bertz CT molecular complexity index is 442. The Balaban J connectivity index is 2.54. The van der Waals surface area contributed by atoms with Gasteiger partial charge in [0.05, 0.1) is 24.6 Å². The van der Waals surface area contributed by atoms with Gasteiger partial charge in [0.1, 0.15) is 0 Å². The summed E-state index contributed by atoms with van der Waals surface area (Å²) in [6.45, 7) is 3.91. The summed E-state index contributed by atoms with van der Waals surface area (Å²) < 4.78 is 4.55. The van der Waals surface area contributed by atoms with Crippen molar-refractivity contribution in [1.29, 1.82) is 0 Å². The molecule has 1 rings (SSSR count). The molecule has 1 aromatic heterocycles. The number of methoxy groups -OCH3 is 1. The summed E-state index contributed by atoms with van der Waals surface area (Å²) >= 11 is 1.37. The summed E-state index contributed by atoms with van der Waals surface area (Å²) in [5.74, 6) is -0.703. The van der Waals surface area contributed by atoms with Crippen molar-refractivity contribution in [1.82, 2.24) is 4.98 Å². The Hall–Kier alpha value is -1.63. The zero-order valence-electron chi connectivity index (χ0n) is 10.6. The van der Waals surface area contributed by atoms with Crippen molar-refractivity contribution >= 4 is 28.3 Å². The highest BCUT2D eigenvalue weighted by Gasteiger charge is 2.24. The first-order chi connectivity index (χ1) is 8.35. The van der Waals surface area contributed by atoms with E-state index in [-0.39, 0.29) is 18.3 Å². The van der Waals surface area contributed by atoms with Gasteiger partial charge in [0.15, 0.2) is 5.13 Å². The van der Waals surface area contributed by atoms with Crippen molar-refractivity contribution in [3.05, 3.63) is 11.1 Å². The van der Waals surface area contributed by atoms with Crippen LogP contribution in [-0.4, -0.2) is 30.5 Å². The molecule has 0 aliphatic carbocycles. The normalized spacial score (nSPS) is 11.1. The summed E-state index contributed by atoms with van der Waals surface area (Å²) in [5.41, 5.74) is 5.27. The van der Waals surface area contributed by atoms with Gasteiger partial charge in [-0.25, -0.2) is 4.98 Å². The largest absolute Gasteiger partial charge is 0.469 e. The highest BCUT2D eigenvalue weighted by molar-refractivity contribution is 7.13. The number of hydrogen-bond acceptors (Lipinski definition) is 6. The first-order valence-corrected chi connectivity index (χ1v) is 6.28. The predicted octanol–water partition coefficient (Wildman–Crippen LogP) is 0.782. The molecule has 0 saturated carbocycles. The Kier molecular flexibility index (Phi) is 4.66. The lowest BCUT2D eigenvalue weighted by Crippen LogP contribution is -2.37. The number of nitrogens with two attached hydrogens (primary N) is 1. The van der Waals surface area contributed by atoms with Crippen LogP contribution in [0.5, 0.6) is 0 Å². The van der Waals surface area contributed by atoms with Crippen LogP contribution < -0.4 is 11.1 Å². The van der Waals surface area contributed by atoms with Crippen molar-refractivity contribution in [2.75, 3.05) is 19.0 Å².